The molecule has 0 unspecified atom stereocenters. The summed E-state index contributed by atoms with van der Waals surface area (Å²) >= 11 is 0. The van der Waals surface area contributed by atoms with Gasteiger partial charge in [-0.3, -0.25) is 0 Å². The monoisotopic (exact) mass is 836 g/mol. The number of halogens is 1. The van der Waals surface area contributed by atoms with E-state index in [-0.39, 0.29) is 5.82 Å². The topological polar surface area (TPSA) is 77.3 Å². The van der Waals surface area contributed by atoms with E-state index in [2.05, 4.69) is 78.9 Å². The second-order valence-corrected chi connectivity index (χ2v) is 15.7. The van der Waals surface area contributed by atoms with Gasteiger partial charge < -0.3 is 0 Å². The molecule has 0 atom stereocenters. The zero-order chi connectivity index (χ0) is 43.5. The van der Waals surface area contributed by atoms with Crippen LogP contribution in [-0.2, 0) is 0 Å². The van der Waals surface area contributed by atoms with E-state index in [0.29, 0.717) is 34.9 Å². The van der Waals surface area contributed by atoms with E-state index in [1.165, 1.54) is 22.9 Å². The largest absolute Gasteiger partial charge is 0.208 e. The maximum atomic E-state index is 14.5. The molecular formula is C58H37FN6. The van der Waals surface area contributed by atoms with Gasteiger partial charge in [-0.05, 0) is 80.6 Å². The van der Waals surface area contributed by atoms with Crippen molar-refractivity contribution in [3.63, 3.8) is 0 Å². The van der Waals surface area contributed by atoms with Crippen molar-refractivity contribution < 1.29 is 4.39 Å². The lowest BCUT2D eigenvalue weighted by Gasteiger charge is -2.16. The predicted octanol–water partition coefficient (Wildman–Crippen LogP) is 14.4. The smallest absolute Gasteiger partial charge is 0.164 e. The lowest BCUT2D eigenvalue weighted by molar-refractivity contribution is 0.628. The molecule has 0 N–H and O–H groups in total. The molecule has 7 heteroatoms. The third kappa shape index (κ3) is 8.06. The van der Waals surface area contributed by atoms with Gasteiger partial charge in [-0.1, -0.05) is 188 Å². The zero-order valence-corrected chi connectivity index (χ0v) is 34.9. The van der Waals surface area contributed by atoms with Crippen LogP contribution in [0.15, 0.2) is 224 Å². The Labute approximate surface area is 375 Å². The molecule has 2 heterocycles. The first kappa shape index (κ1) is 39.1. The van der Waals surface area contributed by atoms with Gasteiger partial charge in [0.2, 0.25) is 0 Å². The predicted molar refractivity (Wildman–Crippen MR) is 260 cm³/mol. The molecule has 0 radical (unpaired) electrons. The first-order valence-electron chi connectivity index (χ1n) is 21.4. The van der Waals surface area contributed by atoms with Crippen molar-refractivity contribution in [1.29, 1.82) is 0 Å². The summed E-state index contributed by atoms with van der Waals surface area (Å²) in [6, 6.07) is 74.0. The van der Waals surface area contributed by atoms with E-state index in [4.69, 9.17) is 29.9 Å². The van der Waals surface area contributed by atoms with Gasteiger partial charge in [0.25, 0.3) is 0 Å². The maximum Gasteiger partial charge on any atom is 0.164 e. The van der Waals surface area contributed by atoms with Crippen LogP contribution in [0.4, 0.5) is 4.39 Å². The first-order valence-corrected chi connectivity index (χ1v) is 21.4. The lowest BCUT2D eigenvalue weighted by atomic mass is 9.92. The Bertz CT molecular complexity index is 3430. The zero-order valence-electron chi connectivity index (χ0n) is 34.9. The fourth-order valence-electron chi connectivity index (χ4n) is 8.18. The van der Waals surface area contributed by atoms with Crippen molar-refractivity contribution >= 4 is 10.8 Å². The van der Waals surface area contributed by atoms with Crippen molar-refractivity contribution in [1.82, 2.24) is 29.9 Å². The normalized spacial score (nSPS) is 11.2. The number of nitrogens with zero attached hydrogens (tertiary/aromatic N) is 6. The van der Waals surface area contributed by atoms with Gasteiger partial charge in [0, 0.05) is 33.4 Å². The Morgan fingerprint density at radius 3 is 1.23 bits per heavy atom. The molecule has 0 aliphatic rings. The number of aromatic nitrogens is 6. The molecule has 6 nitrogen and oxygen atoms in total. The molecular weight excluding hydrogens is 800 g/mol. The number of rotatable bonds is 9. The van der Waals surface area contributed by atoms with Crippen LogP contribution in [0.5, 0.6) is 0 Å². The second-order valence-electron chi connectivity index (χ2n) is 15.7. The van der Waals surface area contributed by atoms with Gasteiger partial charge in [-0.25, -0.2) is 34.3 Å². The molecule has 0 amide bonds. The fraction of sp³-hybridized carbons (Fsp3) is 0. The fourth-order valence-corrected chi connectivity index (χ4v) is 8.18. The van der Waals surface area contributed by atoms with E-state index in [9.17, 15) is 4.39 Å². The average Bonchev–Trinajstić information content (AvgIpc) is 3.39. The van der Waals surface area contributed by atoms with Crippen LogP contribution in [0.3, 0.4) is 0 Å². The highest BCUT2D eigenvalue weighted by atomic mass is 19.1. The molecule has 0 spiro atoms. The van der Waals surface area contributed by atoms with E-state index in [1.54, 1.807) is 12.1 Å². The highest BCUT2D eigenvalue weighted by Crippen LogP contribution is 2.39. The average molecular weight is 837 g/mol. The van der Waals surface area contributed by atoms with Gasteiger partial charge in [-0.2, -0.15) is 0 Å². The Hall–Kier alpha value is -8.81. The van der Waals surface area contributed by atoms with E-state index < -0.39 is 0 Å². The summed E-state index contributed by atoms with van der Waals surface area (Å²) in [5, 5.41) is 2.37. The van der Waals surface area contributed by atoms with Crippen LogP contribution in [0, 0.1) is 5.82 Å². The van der Waals surface area contributed by atoms with Gasteiger partial charge in [0.1, 0.15) is 5.82 Å². The van der Waals surface area contributed by atoms with E-state index in [0.717, 1.165) is 66.8 Å². The molecule has 2 aromatic heterocycles. The third-order valence-electron chi connectivity index (χ3n) is 11.5. The molecule has 11 rings (SSSR count). The Kier molecular flexibility index (Phi) is 10.3. The van der Waals surface area contributed by atoms with Gasteiger partial charge in [0.15, 0.2) is 34.9 Å². The Morgan fingerprint density at radius 2 is 0.631 bits per heavy atom. The molecule has 0 bridgehead atoms. The maximum absolute atomic E-state index is 14.5. The summed E-state index contributed by atoms with van der Waals surface area (Å²) < 4.78 is 14.5. The summed E-state index contributed by atoms with van der Waals surface area (Å²) in [6.07, 6.45) is 0. The number of hydrogen-bond donors (Lipinski definition) is 0. The lowest BCUT2D eigenvalue weighted by Crippen LogP contribution is -2.02. The second kappa shape index (κ2) is 17.2. The quantitative estimate of drug-likeness (QED) is 0.144. The van der Waals surface area contributed by atoms with Crippen LogP contribution in [0.1, 0.15) is 0 Å². The molecule has 11 aromatic rings. The van der Waals surface area contributed by atoms with Crippen molar-refractivity contribution in [3.05, 3.63) is 230 Å². The number of benzene rings is 9. The molecule has 9 aromatic carbocycles. The molecule has 0 saturated carbocycles. The highest BCUT2D eigenvalue weighted by molar-refractivity contribution is 5.90. The molecule has 65 heavy (non-hydrogen) atoms. The Balaban J connectivity index is 1.06. The SMILES string of the molecule is Fc1ccc(-c2cc(-c3ccccc3-c3nc(-c4ccccc4)nc(-c4cccc(-c5ccc6ccccc6c5)c4)n3)ccc2-c2nc(-c3ccccc3)nc(-c3ccccc3)n2)cc1. The van der Waals surface area contributed by atoms with E-state index in [1.807, 2.05) is 121 Å². The molecule has 0 fully saturated rings. The van der Waals surface area contributed by atoms with Gasteiger partial charge in [0.05, 0.1) is 0 Å². The van der Waals surface area contributed by atoms with E-state index >= 15 is 0 Å². The number of fused-ring (bicyclic) bond motifs is 1. The first-order chi connectivity index (χ1) is 32.1. The van der Waals surface area contributed by atoms with Crippen molar-refractivity contribution in [2.45, 2.75) is 0 Å². The summed E-state index contributed by atoms with van der Waals surface area (Å²) in [5.41, 5.74) is 10.7. The Morgan fingerprint density at radius 1 is 0.215 bits per heavy atom. The molecule has 306 valence electrons. The van der Waals surface area contributed by atoms with Crippen LogP contribution in [-0.4, -0.2) is 29.9 Å². The van der Waals surface area contributed by atoms with Crippen molar-refractivity contribution in [2.24, 2.45) is 0 Å². The summed E-state index contributed by atoms with van der Waals surface area (Å²) in [5.74, 6) is 2.94. The number of hydrogen-bond acceptors (Lipinski definition) is 6. The molecule has 0 aliphatic heterocycles. The molecule has 0 saturated heterocycles. The minimum atomic E-state index is -0.322. The van der Waals surface area contributed by atoms with Crippen molar-refractivity contribution in [3.8, 4) is 102 Å². The summed E-state index contributed by atoms with van der Waals surface area (Å²) in [4.78, 5) is 30.5. The standard InChI is InChI=1S/C58H37FN6/c59-48-32-29-39(30-33-48)52-37-46(31-34-51(52)58-63-53(40-16-4-1-5-17-40)60-54(64-58)41-18-6-2-7-19-41)49-25-12-13-26-50(49)57-62-55(42-20-8-3-9-21-42)61-56(65-57)47-24-14-23-44(36-47)45-28-27-38-15-10-11-22-43(38)35-45/h1-37H. The minimum absolute atomic E-state index is 0.322. The van der Waals surface area contributed by atoms with Crippen LogP contribution >= 0.6 is 0 Å². The van der Waals surface area contributed by atoms with Crippen LogP contribution in [0.2, 0.25) is 0 Å². The van der Waals surface area contributed by atoms with Crippen LogP contribution in [0.25, 0.3) is 112 Å². The molecule has 0 aliphatic carbocycles. The third-order valence-corrected chi connectivity index (χ3v) is 11.5. The van der Waals surface area contributed by atoms with Gasteiger partial charge in [-0.15, -0.1) is 0 Å². The van der Waals surface area contributed by atoms with Crippen molar-refractivity contribution in [2.75, 3.05) is 0 Å². The summed E-state index contributed by atoms with van der Waals surface area (Å²) in [7, 11) is 0. The van der Waals surface area contributed by atoms with Gasteiger partial charge >= 0.3 is 0 Å². The van der Waals surface area contributed by atoms with Crippen LogP contribution < -0.4 is 0 Å². The minimum Gasteiger partial charge on any atom is -0.208 e. The highest BCUT2D eigenvalue weighted by Gasteiger charge is 2.20. The summed E-state index contributed by atoms with van der Waals surface area (Å²) in [6.45, 7) is 0.